The second kappa shape index (κ2) is 3.35. The molecule has 15 heavy (non-hydrogen) atoms. The molecule has 0 aliphatic carbocycles. The lowest BCUT2D eigenvalue weighted by molar-refractivity contribution is 0.612. The summed E-state index contributed by atoms with van der Waals surface area (Å²) in [4.78, 5) is 0. The summed E-state index contributed by atoms with van der Waals surface area (Å²) in [5.41, 5.74) is 2.50. The Bertz CT molecular complexity index is 474. The zero-order valence-corrected chi connectivity index (χ0v) is 8.83. The van der Waals surface area contributed by atoms with Gasteiger partial charge in [0.05, 0.1) is 11.7 Å². The van der Waals surface area contributed by atoms with E-state index < -0.39 is 0 Å². The van der Waals surface area contributed by atoms with Crippen molar-refractivity contribution in [2.24, 2.45) is 5.92 Å². The van der Waals surface area contributed by atoms with Gasteiger partial charge in [0.15, 0.2) is 0 Å². The normalized spacial score (nSPS) is 26.2. The zero-order valence-electron chi connectivity index (χ0n) is 8.83. The summed E-state index contributed by atoms with van der Waals surface area (Å²) >= 11 is 0. The molecule has 0 amide bonds. The van der Waals surface area contributed by atoms with E-state index in [1.165, 1.54) is 17.4 Å². The number of H-pyrrole nitrogens is 1. The van der Waals surface area contributed by atoms with Gasteiger partial charge in [0.25, 0.3) is 0 Å². The third-order valence-corrected chi connectivity index (χ3v) is 3.22. The molecule has 2 aromatic rings. The van der Waals surface area contributed by atoms with Crippen LogP contribution in [0.5, 0.6) is 0 Å². The molecule has 2 N–H and O–H groups in total. The highest BCUT2D eigenvalue weighted by atomic mass is 15.1. The highest BCUT2D eigenvalue weighted by molar-refractivity contribution is 5.78. The van der Waals surface area contributed by atoms with Gasteiger partial charge in [-0.2, -0.15) is 5.10 Å². The topological polar surface area (TPSA) is 40.7 Å². The van der Waals surface area contributed by atoms with Crippen molar-refractivity contribution in [3.8, 4) is 0 Å². The molecule has 1 fully saturated rings. The quantitative estimate of drug-likeness (QED) is 0.742. The van der Waals surface area contributed by atoms with Crippen LogP contribution in [-0.4, -0.2) is 16.7 Å². The van der Waals surface area contributed by atoms with Crippen molar-refractivity contribution in [2.75, 3.05) is 6.54 Å². The monoisotopic (exact) mass is 201 g/mol. The van der Waals surface area contributed by atoms with Gasteiger partial charge in [-0.05, 0) is 30.5 Å². The molecule has 0 bridgehead atoms. The van der Waals surface area contributed by atoms with Crippen LogP contribution in [0.4, 0.5) is 0 Å². The van der Waals surface area contributed by atoms with Crippen molar-refractivity contribution in [1.29, 1.82) is 0 Å². The van der Waals surface area contributed by atoms with Crippen LogP contribution >= 0.6 is 0 Å². The lowest BCUT2D eigenvalue weighted by atomic mass is 10.0. The largest absolute Gasteiger partial charge is 0.310 e. The Balaban J connectivity index is 1.97. The fourth-order valence-corrected chi connectivity index (χ4v) is 2.34. The van der Waals surface area contributed by atoms with Crippen LogP contribution in [0, 0.1) is 5.92 Å². The Morgan fingerprint density at radius 1 is 1.40 bits per heavy atom. The molecule has 3 heteroatoms. The third-order valence-electron chi connectivity index (χ3n) is 3.22. The van der Waals surface area contributed by atoms with Crippen molar-refractivity contribution in [2.45, 2.75) is 19.4 Å². The Kier molecular flexibility index (Phi) is 1.99. The summed E-state index contributed by atoms with van der Waals surface area (Å²) in [6.07, 6.45) is 3.10. The standard InChI is InChI=1S/C12H15N3/c1-8-4-11(13-6-8)9-2-3-10-7-14-15-12(10)5-9/h2-3,5,7-8,11,13H,4,6H2,1H3,(H,14,15)/t8?,11-/m1/s1. The first kappa shape index (κ1) is 8.92. The fraction of sp³-hybridized carbons (Fsp3) is 0.417. The summed E-state index contributed by atoms with van der Waals surface area (Å²) in [5, 5.41) is 11.8. The average Bonchev–Trinajstić information content (AvgIpc) is 2.84. The second-order valence-corrected chi connectivity index (χ2v) is 4.52. The number of fused-ring (bicyclic) bond motifs is 1. The molecule has 0 saturated carbocycles. The summed E-state index contributed by atoms with van der Waals surface area (Å²) in [5.74, 6) is 0.785. The molecule has 0 spiro atoms. The van der Waals surface area contributed by atoms with Gasteiger partial charge in [-0.1, -0.05) is 19.1 Å². The second-order valence-electron chi connectivity index (χ2n) is 4.52. The molecule has 0 radical (unpaired) electrons. The van der Waals surface area contributed by atoms with Crippen LogP contribution in [0.25, 0.3) is 10.9 Å². The van der Waals surface area contributed by atoms with Crippen molar-refractivity contribution in [1.82, 2.24) is 15.5 Å². The first-order chi connectivity index (χ1) is 7.33. The van der Waals surface area contributed by atoms with Gasteiger partial charge in [-0.15, -0.1) is 0 Å². The molecule has 3 rings (SSSR count). The number of hydrogen-bond acceptors (Lipinski definition) is 2. The molecule has 1 aliphatic rings. The lowest BCUT2D eigenvalue weighted by Gasteiger charge is -2.10. The summed E-state index contributed by atoms with van der Waals surface area (Å²) in [6, 6.07) is 7.07. The molecule has 2 heterocycles. The number of benzene rings is 1. The Labute approximate surface area is 88.9 Å². The van der Waals surface area contributed by atoms with Crippen molar-refractivity contribution in [3.05, 3.63) is 30.0 Å². The molecule has 1 aromatic heterocycles. The number of aromatic nitrogens is 2. The van der Waals surface area contributed by atoms with Crippen LogP contribution in [-0.2, 0) is 0 Å². The molecular formula is C12H15N3. The highest BCUT2D eigenvalue weighted by Gasteiger charge is 2.21. The minimum absolute atomic E-state index is 0.521. The number of aromatic amines is 1. The smallest absolute Gasteiger partial charge is 0.0653 e. The maximum absolute atomic E-state index is 4.04. The van der Waals surface area contributed by atoms with Crippen molar-refractivity contribution < 1.29 is 0 Å². The van der Waals surface area contributed by atoms with Crippen molar-refractivity contribution >= 4 is 10.9 Å². The molecule has 3 nitrogen and oxygen atoms in total. The average molecular weight is 201 g/mol. The SMILES string of the molecule is CC1CN[C@@H](c2ccc3cn[nH]c3c2)C1. The van der Waals surface area contributed by atoms with Crippen LogP contribution in [0.3, 0.4) is 0 Å². The Hall–Kier alpha value is -1.35. The molecule has 1 aromatic carbocycles. The first-order valence-corrected chi connectivity index (χ1v) is 5.49. The van der Waals surface area contributed by atoms with E-state index in [4.69, 9.17) is 0 Å². The molecule has 2 atom stereocenters. The van der Waals surface area contributed by atoms with E-state index in [0.717, 1.165) is 18.0 Å². The summed E-state index contributed by atoms with van der Waals surface area (Å²) < 4.78 is 0. The summed E-state index contributed by atoms with van der Waals surface area (Å²) in [6.45, 7) is 3.42. The van der Waals surface area contributed by atoms with Gasteiger partial charge < -0.3 is 5.32 Å². The lowest BCUT2D eigenvalue weighted by Crippen LogP contribution is -2.13. The van der Waals surface area contributed by atoms with Gasteiger partial charge in [-0.3, -0.25) is 5.10 Å². The van der Waals surface area contributed by atoms with Gasteiger partial charge >= 0.3 is 0 Å². The van der Waals surface area contributed by atoms with E-state index in [0.29, 0.717) is 6.04 Å². The minimum Gasteiger partial charge on any atom is -0.310 e. The molecule has 78 valence electrons. The van der Waals surface area contributed by atoms with E-state index in [-0.39, 0.29) is 0 Å². The number of nitrogens with zero attached hydrogens (tertiary/aromatic N) is 1. The molecular weight excluding hydrogens is 186 g/mol. The van der Waals surface area contributed by atoms with Crippen molar-refractivity contribution in [3.63, 3.8) is 0 Å². The number of hydrogen-bond donors (Lipinski definition) is 2. The molecule has 1 unspecified atom stereocenters. The highest BCUT2D eigenvalue weighted by Crippen LogP contribution is 2.28. The molecule has 1 saturated heterocycles. The first-order valence-electron chi connectivity index (χ1n) is 5.49. The maximum Gasteiger partial charge on any atom is 0.0653 e. The van der Waals surface area contributed by atoms with Crippen LogP contribution in [0.2, 0.25) is 0 Å². The van der Waals surface area contributed by atoms with E-state index in [2.05, 4.69) is 40.6 Å². The van der Waals surface area contributed by atoms with E-state index in [1.54, 1.807) is 0 Å². The maximum atomic E-state index is 4.04. The van der Waals surface area contributed by atoms with Gasteiger partial charge in [0, 0.05) is 11.4 Å². The Morgan fingerprint density at radius 2 is 2.33 bits per heavy atom. The fourth-order valence-electron chi connectivity index (χ4n) is 2.34. The number of nitrogens with one attached hydrogen (secondary N) is 2. The predicted octanol–water partition coefficient (Wildman–Crippen LogP) is 2.23. The zero-order chi connectivity index (χ0) is 10.3. The van der Waals surface area contributed by atoms with Crippen LogP contribution < -0.4 is 5.32 Å². The summed E-state index contributed by atoms with van der Waals surface area (Å²) in [7, 11) is 0. The van der Waals surface area contributed by atoms with E-state index in [9.17, 15) is 0 Å². The van der Waals surface area contributed by atoms with E-state index >= 15 is 0 Å². The third kappa shape index (κ3) is 1.53. The minimum atomic E-state index is 0.521. The van der Waals surface area contributed by atoms with Gasteiger partial charge in [-0.25, -0.2) is 0 Å². The van der Waals surface area contributed by atoms with Crippen LogP contribution in [0.1, 0.15) is 24.9 Å². The van der Waals surface area contributed by atoms with Gasteiger partial charge in [0.2, 0.25) is 0 Å². The predicted molar refractivity (Wildman–Crippen MR) is 60.6 cm³/mol. The van der Waals surface area contributed by atoms with Gasteiger partial charge in [0.1, 0.15) is 0 Å². The Morgan fingerprint density at radius 3 is 3.13 bits per heavy atom. The van der Waals surface area contributed by atoms with E-state index in [1.807, 2.05) is 6.20 Å². The van der Waals surface area contributed by atoms with Crippen LogP contribution in [0.15, 0.2) is 24.4 Å². The molecule has 1 aliphatic heterocycles. The number of rotatable bonds is 1.